The molecule has 0 spiro atoms. The second kappa shape index (κ2) is 8.02. The topological polar surface area (TPSA) is 0 Å². The summed E-state index contributed by atoms with van der Waals surface area (Å²) in [6.07, 6.45) is 18.3. The van der Waals surface area contributed by atoms with Gasteiger partial charge in [-0.1, -0.05) is 66.7 Å². The summed E-state index contributed by atoms with van der Waals surface area (Å²) in [5, 5.41) is 0. The average Bonchev–Trinajstić information content (AvgIpc) is 2.95. The summed E-state index contributed by atoms with van der Waals surface area (Å²) >= 11 is 0. The Labute approximate surface area is 170 Å². The lowest BCUT2D eigenvalue weighted by atomic mass is 9.44. The Balaban J connectivity index is 1.67. The zero-order valence-corrected chi connectivity index (χ0v) is 19.2. The molecule has 4 saturated carbocycles. The van der Waals surface area contributed by atoms with Crippen LogP contribution < -0.4 is 0 Å². The average molecular weight is 373 g/mol. The molecule has 0 nitrogen and oxygen atoms in total. The van der Waals surface area contributed by atoms with Gasteiger partial charge in [0.15, 0.2) is 0 Å². The van der Waals surface area contributed by atoms with Crippen LogP contribution in [0.2, 0.25) is 0 Å². The maximum atomic E-state index is 2.74. The van der Waals surface area contributed by atoms with Crippen molar-refractivity contribution in [2.45, 2.75) is 112 Å². The van der Waals surface area contributed by atoms with E-state index in [0.29, 0.717) is 5.41 Å². The van der Waals surface area contributed by atoms with Crippen molar-refractivity contribution in [2.24, 2.45) is 58.7 Å². The third-order valence-corrected chi connectivity index (χ3v) is 10.7. The first kappa shape index (κ1) is 20.3. The summed E-state index contributed by atoms with van der Waals surface area (Å²) in [6.45, 7) is 12.8. The molecule has 0 aliphatic heterocycles. The first-order chi connectivity index (χ1) is 13.0. The molecule has 0 aromatic rings. The van der Waals surface area contributed by atoms with Crippen LogP contribution in [0.1, 0.15) is 112 Å². The summed E-state index contributed by atoms with van der Waals surface area (Å²) in [5.41, 5.74) is 0.667. The molecule has 4 fully saturated rings. The Bertz CT molecular complexity index is 488. The van der Waals surface area contributed by atoms with Gasteiger partial charge in [0.1, 0.15) is 0 Å². The predicted octanol–water partition coefficient (Wildman–Crippen LogP) is 8.35. The molecule has 0 aromatic carbocycles. The van der Waals surface area contributed by atoms with Crippen molar-refractivity contribution in [3.05, 3.63) is 0 Å². The van der Waals surface area contributed by atoms with Crippen LogP contribution in [0.4, 0.5) is 0 Å². The molecule has 0 heterocycles. The molecule has 4 aliphatic rings. The molecule has 4 aliphatic carbocycles. The fourth-order valence-electron chi connectivity index (χ4n) is 9.33. The van der Waals surface area contributed by atoms with E-state index in [1.165, 1.54) is 38.5 Å². The Kier molecular flexibility index (Phi) is 6.03. The van der Waals surface area contributed by atoms with E-state index in [1.54, 1.807) is 38.5 Å². The van der Waals surface area contributed by atoms with Crippen molar-refractivity contribution in [3.63, 3.8) is 0 Å². The zero-order chi connectivity index (χ0) is 19.2. The van der Waals surface area contributed by atoms with Crippen LogP contribution >= 0.6 is 0 Å². The Morgan fingerprint density at radius 2 is 1.56 bits per heavy atom. The largest absolute Gasteiger partial charge is 0.0654 e. The van der Waals surface area contributed by atoms with Crippen LogP contribution in [-0.4, -0.2) is 0 Å². The molecule has 0 saturated heterocycles. The Hall–Kier alpha value is 0. The number of rotatable bonds is 5. The maximum Gasteiger partial charge on any atom is -0.0266 e. The number of fused-ring (bicyclic) bond motifs is 5. The van der Waals surface area contributed by atoms with E-state index < -0.39 is 0 Å². The molecule has 0 aromatic heterocycles. The van der Waals surface area contributed by atoms with Gasteiger partial charge in [-0.25, -0.2) is 0 Å². The predicted molar refractivity (Wildman–Crippen MR) is 118 cm³/mol. The highest BCUT2D eigenvalue weighted by Gasteiger charge is 2.59. The van der Waals surface area contributed by atoms with E-state index >= 15 is 0 Å². The monoisotopic (exact) mass is 372 g/mol. The SMILES string of the molecule is CCCC(CCC)C1CC2(C)C(C)CCC2C2CCC3CC(C)CCC3C12. The normalized spacial score (nSPS) is 49.6. The summed E-state index contributed by atoms with van der Waals surface area (Å²) in [4.78, 5) is 0. The third kappa shape index (κ3) is 3.44. The smallest absolute Gasteiger partial charge is 0.0266 e. The molecule has 156 valence electrons. The summed E-state index contributed by atoms with van der Waals surface area (Å²) < 4.78 is 0. The lowest BCUT2D eigenvalue weighted by Crippen LogP contribution is -2.53. The Morgan fingerprint density at radius 1 is 0.852 bits per heavy atom. The quantitative estimate of drug-likeness (QED) is 0.455. The summed E-state index contributed by atoms with van der Waals surface area (Å²) in [5.74, 6) is 9.49. The van der Waals surface area contributed by atoms with Crippen LogP contribution in [0.15, 0.2) is 0 Å². The first-order valence-corrected chi connectivity index (χ1v) is 13.0. The van der Waals surface area contributed by atoms with Crippen molar-refractivity contribution < 1.29 is 0 Å². The van der Waals surface area contributed by atoms with Crippen LogP contribution in [0.5, 0.6) is 0 Å². The van der Waals surface area contributed by atoms with Crippen molar-refractivity contribution in [1.29, 1.82) is 0 Å². The van der Waals surface area contributed by atoms with Crippen LogP contribution in [0.3, 0.4) is 0 Å². The van der Waals surface area contributed by atoms with Gasteiger partial charge in [-0.05, 0) is 104 Å². The Morgan fingerprint density at radius 3 is 2.26 bits per heavy atom. The maximum absolute atomic E-state index is 2.74. The van der Waals surface area contributed by atoms with E-state index in [1.807, 2.05) is 0 Å². The number of hydrogen-bond donors (Lipinski definition) is 0. The van der Waals surface area contributed by atoms with Gasteiger partial charge in [0.05, 0.1) is 0 Å². The lowest BCUT2D eigenvalue weighted by Gasteiger charge is -2.60. The van der Waals surface area contributed by atoms with Crippen LogP contribution in [0.25, 0.3) is 0 Å². The highest BCUT2D eigenvalue weighted by Crippen LogP contribution is 2.67. The molecule has 9 atom stereocenters. The molecular formula is C27H48. The van der Waals surface area contributed by atoms with E-state index in [-0.39, 0.29) is 0 Å². The zero-order valence-electron chi connectivity index (χ0n) is 19.2. The van der Waals surface area contributed by atoms with Crippen LogP contribution in [-0.2, 0) is 0 Å². The molecule has 0 bridgehead atoms. The minimum atomic E-state index is 0.667. The van der Waals surface area contributed by atoms with Gasteiger partial charge >= 0.3 is 0 Å². The minimum Gasteiger partial charge on any atom is -0.0654 e. The van der Waals surface area contributed by atoms with Crippen molar-refractivity contribution in [2.75, 3.05) is 0 Å². The molecule has 0 heteroatoms. The molecule has 0 N–H and O–H groups in total. The summed E-state index contributed by atoms with van der Waals surface area (Å²) in [6, 6.07) is 0. The lowest BCUT2D eigenvalue weighted by molar-refractivity contribution is -0.117. The van der Waals surface area contributed by atoms with Crippen LogP contribution in [0, 0.1) is 58.7 Å². The van der Waals surface area contributed by atoms with E-state index in [0.717, 1.165) is 53.3 Å². The van der Waals surface area contributed by atoms with Gasteiger partial charge in [-0.2, -0.15) is 0 Å². The molecule has 0 amide bonds. The second-order valence-corrected chi connectivity index (χ2v) is 12.0. The highest BCUT2D eigenvalue weighted by atomic mass is 14.6. The minimum absolute atomic E-state index is 0.667. The fourth-order valence-corrected chi connectivity index (χ4v) is 9.33. The molecule has 4 rings (SSSR count). The van der Waals surface area contributed by atoms with Gasteiger partial charge < -0.3 is 0 Å². The fraction of sp³-hybridized carbons (Fsp3) is 1.00. The van der Waals surface area contributed by atoms with Crippen molar-refractivity contribution >= 4 is 0 Å². The third-order valence-electron chi connectivity index (χ3n) is 10.7. The molecule has 27 heavy (non-hydrogen) atoms. The first-order valence-electron chi connectivity index (χ1n) is 13.0. The standard InChI is InChI=1S/C27H48/c1-6-8-20(9-7-2)24-17-27(5)19(4)11-15-25(27)23-14-12-21-16-18(3)10-13-22(21)26(23)24/h18-26H,6-17H2,1-5H3. The molecule has 0 radical (unpaired) electrons. The van der Waals surface area contributed by atoms with Gasteiger partial charge in [0, 0.05) is 0 Å². The molecular weight excluding hydrogens is 324 g/mol. The van der Waals surface area contributed by atoms with Gasteiger partial charge in [0.25, 0.3) is 0 Å². The van der Waals surface area contributed by atoms with E-state index in [2.05, 4.69) is 34.6 Å². The van der Waals surface area contributed by atoms with Crippen molar-refractivity contribution in [3.8, 4) is 0 Å². The number of hydrogen-bond acceptors (Lipinski definition) is 0. The van der Waals surface area contributed by atoms with Gasteiger partial charge in [-0.3, -0.25) is 0 Å². The van der Waals surface area contributed by atoms with Gasteiger partial charge in [-0.15, -0.1) is 0 Å². The molecule has 9 unspecified atom stereocenters. The van der Waals surface area contributed by atoms with E-state index in [9.17, 15) is 0 Å². The van der Waals surface area contributed by atoms with E-state index in [4.69, 9.17) is 0 Å². The summed E-state index contributed by atoms with van der Waals surface area (Å²) in [7, 11) is 0. The van der Waals surface area contributed by atoms with Gasteiger partial charge in [0.2, 0.25) is 0 Å². The highest BCUT2D eigenvalue weighted by molar-refractivity contribution is 5.08. The van der Waals surface area contributed by atoms with Crippen molar-refractivity contribution in [1.82, 2.24) is 0 Å². The second-order valence-electron chi connectivity index (χ2n) is 12.0.